The molecule has 16 heavy (non-hydrogen) atoms. The summed E-state index contributed by atoms with van der Waals surface area (Å²) in [6.07, 6.45) is -0.316. The van der Waals surface area contributed by atoms with Gasteiger partial charge in [-0.05, 0) is 12.1 Å². The van der Waals surface area contributed by atoms with Gasteiger partial charge in [0.2, 0.25) is 0 Å². The second-order valence-electron chi connectivity index (χ2n) is 3.17. The van der Waals surface area contributed by atoms with E-state index in [9.17, 15) is 5.11 Å². The molecule has 90 valence electrons. The first-order chi connectivity index (χ1) is 7.71. The molecule has 0 aliphatic rings. The molecular weight excluding hydrogens is 210 g/mol. The lowest BCUT2D eigenvalue weighted by molar-refractivity contribution is -0.0914. The minimum absolute atomic E-state index is 0.0962. The number of hydrogen-bond donors (Lipinski definition) is 2. The third kappa shape index (κ3) is 3.29. The van der Waals surface area contributed by atoms with E-state index in [0.717, 1.165) is 5.69 Å². The Morgan fingerprint density at radius 3 is 2.44 bits per heavy atom. The highest BCUT2D eigenvalue weighted by molar-refractivity contribution is 5.54. The number of hydrogen-bond acceptors (Lipinski definition) is 5. The van der Waals surface area contributed by atoms with Gasteiger partial charge in [0.1, 0.15) is 0 Å². The molecule has 1 rings (SSSR count). The van der Waals surface area contributed by atoms with Crippen molar-refractivity contribution in [3.8, 4) is 11.5 Å². The van der Waals surface area contributed by atoms with Crippen molar-refractivity contribution < 1.29 is 19.3 Å². The van der Waals surface area contributed by atoms with E-state index in [1.54, 1.807) is 32.4 Å². The fraction of sp³-hybridized carbons (Fsp3) is 0.455. The van der Waals surface area contributed by atoms with Crippen LogP contribution in [0.5, 0.6) is 11.5 Å². The number of nitrogens with one attached hydrogen (secondary N) is 1. The van der Waals surface area contributed by atoms with E-state index in [1.807, 2.05) is 0 Å². The molecule has 0 aromatic heterocycles. The van der Waals surface area contributed by atoms with Gasteiger partial charge >= 0.3 is 0 Å². The Morgan fingerprint density at radius 2 is 1.94 bits per heavy atom. The summed E-state index contributed by atoms with van der Waals surface area (Å²) >= 11 is 0. The van der Waals surface area contributed by atoms with Gasteiger partial charge in [-0.3, -0.25) is 0 Å². The summed E-state index contributed by atoms with van der Waals surface area (Å²) in [6.45, 7) is 0.499. The molecule has 0 spiro atoms. The third-order valence-electron chi connectivity index (χ3n) is 2.18. The molecule has 0 atom stereocenters. The average Bonchev–Trinajstić information content (AvgIpc) is 2.30. The molecule has 2 N–H and O–H groups in total. The Labute approximate surface area is 94.9 Å². The lowest BCUT2D eigenvalue weighted by Gasteiger charge is -2.15. The second kappa shape index (κ2) is 6.19. The monoisotopic (exact) mass is 227 g/mol. The maximum atomic E-state index is 9.54. The summed E-state index contributed by atoms with van der Waals surface area (Å²) < 4.78 is 15.0. The van der Waals surface area contributed by atoms with E-state index in [1.165, 1.54) is 7.11 Å². The van der Waals surface area contributed by atoms with Crippen LogP contribution < -0.4 is 10.1 Å². The Morgan fingerprint density at radius 1 is 1.25 bits per heavy atom. The predicted octanol–water partition coefficient (Wildman–Crippen LogP) is 1.43. The van der Waals surface area contributed by atoms with Crippen LogP contribution in [0.25, 0.3) is 0 Å². The van der Waals surface area contributed by atoms with E-state index < -0.39 is 0 Å². The summed E-state index contributed by atoms with van der Waals surface area (Å²) in [6, 6.07) is 5.08. The fourth-order valence-corrected chi connectivity index (χ4v) is 1.26. The number of phenols is 1. The van der Waals surface area contributed by atoms with Crippen molar-refractivity contribution in [1.29, 1.82) is 0 Å². The molecule has 1 aromatic carbocycles. The van der Waals surface area contributed by atoms with Crippen LogP contribution in [-0.2, 0) is 9.47 Å². The van der Waals surface area contributed by atoms with Crippen LogP contribution in [0.15, 0.2) is 18.2 Å². The predicted molar refractivity (Wildman–Crippen MR) is 61.0 cm³/mol. The molecule has 0 radical (unpaired) electrons. The van der Waals surface area contributed by atoms with Crippen molar-refractivity contribution >= 4 is 5.69 Å². The van der Waals surface area contributed by atoms with Crippen LogP contribution in [0.1, 0.15) is 0 Å². The number of aromatic hydroxyl groups is 1. The van der Waals surface area contributed by atoms with Crippen molar-refractivity contribution in [3.63, 3.8) is 0 Å². The maximum absolute atomic E-state index is 9.54. The van der Waals surface area contributed by atoms with Crippen molar-refractivity contribution in [2.75, 3.05) is 33.2 Å². The molecule has 5 nitrogen and oxygen atoms in total. The Hall–Kier alpha value is -1.46. The Kier molecular flexibility index (Phi) is 4.88. The molecule has 0 saturated carbocycles. The SMILES string of the molecule is COc1ccc(NCC(OC)OC)cc1O. The van der Waals surface area contributed by atoms with Gasteiger partial charge in [-0.15, -0.1) is 0 Å². The first-order valence-corrected chi connectivity index (χ1v) is 4.87. The van der Waals surface area contributed by atoms with E-state index in [0.29, 0.717) is 12.3 Å². The zero-order valence-electron chi connectivity index (χ0n) is 9.69. The first-order valence-electron chi connectivity index (χ1n) is 4.87. The van der Waals surface area contributed by atoms with Gasteiger partial charge < -0.3 is 24.6 Å². The molecule has 0 saturated heterocycles. The minimum Gasteiger partial charge on any atom is -0.504 e. The smallest absolute Gasteiger partial charge is 0.173 e. The summed E-state index contributed by atoms with van der Waals surface area (Å²) in [5, 5.41) is 12.6. The van der Waals surface area contributed by atoms with Gasteiger partial charge in [0, 0.05) is 26.0 Å². The molecule has 0 unspecified atom stereocenters. The summed E-state index contributed by atoms with van der Waals surface area (Å²) in [7, 11) is 4.65. The number of ether oxygens (including phenoxy) is 3. The molecule has 1 aromatic rings. The second-order valence-corrected chi connectivity index (χ2v) is 3.17. The number of methoxy groups -OCH3 is 3. The van der Waals surface area contributed by atoms with E-state index in [4.69, 9.17) is 14.2 Å². The van der Waals surface area contributed by atoms with Gasteiger partial charge in [-0.1, -0.05) is 0 Å². The summed E-state index contributed by atoms with van der Waals surface area (Å²) in [5.74, 6) is 0.541. The van der Waals surface area contributed by atoms with Gasteiger partial charge in [-0.25, -0.2) is 0 Å². The largest absolute Gasteiger partial charge is 0.504 e. The number of benzene rings is 1. The molecule has 0 fully saturated rings. The molecule has 0 heterocycles. The normalized spacial score (nSPS) is 10.5. The van der Waals surface area contributed by atoms with Crippen LogP contribution in [0, 0.1) is 0 Å². The third-order valence-corrected chi connectivity index (χ3v) is 2.18. The van der Waals surface area contributed by atoms with Gasteiger partial charge in [-0.2, -0.15) is 0 Å². The lowest BCUT2D eigenvalue weighted by Crippen LogP contribution is -2.23. The van der Waals surface area contributed by atoms with Crippen LogP contribution in [0.4, 0.5) is 5.69 Å². The Bertz CT molecular complexity index is 326. The van der Waals surface area contributed by atoms with Crippen molar-refractivity contribution in [2.45, 2.75) is 6.29 Å². The molecule has 0 aliphatic carbocycles. The lowest BCUT2D eigenvalue weighted by atomic mass is 10.2. The summed E-state index contributed by atoms with van der Waals surface area (Å²) in [4.78, 5) is 0. The summed E-state index contributed by atoms with van der Waals surface area (Å²) in [5.41, 5.74) is 0.775. The van der Waals surface area contributed by atoms with Crippen molar-refractivity contribution in [3.05, 3.63) is 18.2 Å². The molecule has 0 aliphatic heterocycles. The van der Waals surface area contributed by atoms with Crippen LogP contribution in [0.2, 0.25) is 0 Å². The van der Waals surface area contributed by atoms with Crippen LogP contribution >= 0.6 is 0 Å². The Balaban J connectivity index is 2.58. The average molecular weight is 227 g/mol. The number of phenolic OH excluding ortho intramolecular Hbond substituents is 1. The van der Waals surface area contributed by atoms with Crippen molar-refractivity contribution in [1.82, 2.24) is 0 Å². The molecular formula is C11H17NO4. The van der Waals surface area contributed by atoms with Gasteiger partial charge in [0.15, 0.2) is 17.8 Å². The molecule has 0 bridgehead atoms. The first kappa shape index (κ1) is 12.6. The highest BCUT2D eigenvalue weighted by Gasteiger charge is 2.06. The van der Waals surface area contributed by atoms with E-state index >= 15 is 0 Å². The molecule has 0 amide bonds. The highest BCUT2D eigenvalue weighted by atomic mass is 16.7. The standard InChI is InChI=1S/C11H17NO4/c1-14-10-5-4-8(6-9(10)13)12-7-11(15-2)16-3/h4-6,11-13H,7H2,1-3H3. The number of rotatable bonds is 6. The van der Waals surface area contributed by atoms with Crippen molar-refractivity contribution in [2.24, 2.45) is 0 Å². The highest BCUT2D eigenvalue weighted by Crippen LogP contribution is 2.28. The van der Waals surface area contributed by atoms with Gasteiger partial charge in [0.25, 0.3) is 0 Å². The molecule has 5 heteroatoms. The minimum atomic E-state index is -0.316. The maximum Gasteiger partial charge on any atom is 0.173 e. The topological polar surface area (TPSA) is 60.0 Å². The quantitative estimate of drug-likeness (QED) is 0.720. The van der Waals surface area contributed by atoms with Gasteiger partial charge in [0.05, 0.1) is 13.7 Å². The zero-order valence-corrected chi connectivity index (χ0v) is 9.69. The van der Waals surface area contributed by atoms with E-state index in [-0.39, 0.29) is 12.0 Å². The van der Waals surface area contributed by atoms with Crippen LogP contribution in [-0.4, -0.2) is 39.3 Å². The fourth-order valence-electron chi connectivity index (χ4n) is 1.26. The van der Waals surface area contributed by atoms with Crippen LogP contribution in [0.3, 0.4) is 0 Å². The number of anilines is 1. The zero-order chi connectivity index (χ0) is 12.0. The van der Waals surface area contributed by atoms with E-state index in [2.05, 4.69) is 5.32 Å².